The third kappa shape index (κ3) is 14.8. The Balaban J connectivity index is 5.25. The standard InChI is InChI=1S/C27H56O3/c1-6-11-16-17-18-20-22-26(21-19-12-7-2)27(28-23-13-8-3,29-24-14-9-4)30-25-15-10-5/h26H,6-25H2,1-5H3. The Bertz CT molecular complexity index is 306. The van der Waals surface area contributed by atoms with Gasteiger partial charge < -0.3 is 14.2 Å². The zero-order valence-electron chi connectivity index (χ0n) is 21.4. The number of hydrogen-bond donors (Lipinski definition) is 0. The fourth-order valence-electron chi connectivity index (χ4n) is 3.86. The lowest BCUT2D eigenvalue weighted by molar-refractivity contribution is -0.407. The van der Waals surface area contributed by atoms with E-state index in [0.29, 0.717) is 5.92 Å². The summed E-state index contributed by atoms with van der Waals surface area (Å²) in [5.74, 6) is -0.503. The van der Waals surface area contributed by atoms with Gasteiger partial charge in [-0.05, 0) is 32.1 Å². The van der Waals surface area contributed by atoms with Crippen LogP contribution in [0.4, 0.5) is 0 Å². The van der Waals surface area contributed by atoms with Crippen molar-refractivity contribution in [1.82, 2.24) is 0 Å². The molecule has 0 fully saturated rings. The minimum atomic E-state index is -0.837. The monoisotopic (exact) mass is 428 g/mol. The van der Waals surface area contributed by atoms with Gasteiger partial charge in [-0.1, -0.05) is 112 Å². The molecule has 3 nitrogen and oxygen atoms in total. The quantitative estimate of drug-likeness (QED) is 0.113. The highest BCUT2D eigenvalue weighted by molar-refractivity contribution is 4.74. The Labute approximate surface area is 190 Å². The van der Waals surface area contributed by atoms with Gasteiger partial charge in [0.15, 0.2) is 0 Å². The molecule has 1 atom stereocenters. The summed E-state index contributed by atoms with van der Waals surface area (Å²) in [6, 6.07) is 0. The maximum atomic E-state index is 6.51. The SMILES string of the molecule is CCCCCCCCC(CCCCC)C(OCCCC)(OCCCC)OCCCC. The lowest BCUT2D eigenvalue weighted by Gasteiger charge is -2.40. The summed E-state index contributed by atoms with van der Waals surface area (Å²) in [6.45, 7) is 13.4. The van der Waals surface area contributed by atoms with Gasteiger partial charge in [-0.3, -0.25) is 0 Å². The highest BCUT2D eigenvalue weighted by atomic mass is 16.9. The second kappa shape index (κ2) is 22.1. The van der Waals surface area contributed by atoms with E-state index in [1.54, 1.807) is 0 Å². The molecular weight excluding hydrogens is 372 g/mol. The Kier molecular flexibility index (Phi) is 22.0. The van der Waals surface area contributed by atoms with Gasteiger partial charge in [0.2, 0.25) is 0 Å². The number of ether oxygens (including phenoxy) is 3. The molecule has 0 heterocycles. The summed E-state index contributed by atoms with van der Waals surface area (Å²) in [6.07, 6.45) is 20.6. The zero-order chi connectivity index (χ0) is 22.3. The van der Waals surface area contributed by atoms with E-state index in [0.717, 1.165) is 71.2 Å². The molecule has 182 valence electrons. The van der Waals surface area contributed by atoms with Crippen molar-refractivity contribution >= 4 is 0 Å². The molecule has 0 saturated carbocycles. The van der Waals surface area contributed by atoms with Gasteiger partial charge in [0.25, 0.3) is 5.97 Å². The summed E-state index contributed by atoms with van der Waals surface area (Å²) in [7, 11) is 0. The number of rotatable bonds is 24. The van der Waals surface area contributed by atoms with Gasteiger partial charge in [-0.2, -0.15) is 0 Å². The Hall–Kier alpha value is -0.120. The van der Waals surface area contributed by atoms with Gasteiger partial charge in [-0.15, -0.1) is 0 Å². The molecule has 0 spiro atoms. The van der Waals surface area contributed by atoms with Crippen molar-refractivity contribution < 1.29 is 14.2 Å². The summed E-state index contributed by atoms with van der Waals surface area (Å²) in [5.41, 5.74) is 0. The summed E-state index contributed by atoms with van der Waals surface area (Å²) in [4.78, 5) is 0. The smallest absolute Gasteiger partial charge is 0.285 e. The van der Waals surface area contributed by atoms with Gasteiger partial charge in [0.05, 0.1) is 19.8 Å². The minimum Gasteiger partial charge on any atom is -0.327 e. The molecule has 0 aromatic carbocycles. The first kappa shape index (κ1) is 29.9. The van der Waals surface area contributed by atoms with Gasteiger partial charge in [0, 0.05) is 5.92 Å². The molecule has 0 saturated heterocycles. The molecule has 1 unspecified atom stereocenters. The van der Waals surface area contributed by atoms with E-state index in [1.165, 1.54) is 57.8 Å². The maximum Gasteiger partial charge on any atom is 0.285 e. The first-order chi connectivity index (χ1) is 14.7. The molecular formula is C27H56O3. The first-order valence-electron chi connectivity index (χ1n) is 13.6. The fraction of sp³-hybridized carbons (Fsp3) is 1.00. The molecule has 0 bridgehead atoms. The average Bonchev–Trinajstić information content (AvgIpc) is 2.75. The van der Waals surface area contributed by atoms with Crippen molar-refractivity contribution in [2.24, 2.45) is 5.92 Å². The van der Waals surface area contributed by atoms with E-state index in [9.17, 15) is 0 Å². The average molecular weight is 429 g/mol. The number of hydrogen-bond acceptors (Lipinski definition) is 3. The second-order valence-corrected chi connectivity index (χ2v) is 8.96. The molecule has 0 aromatic rings. The number of unbranched alkanes of at least 4 members (excludes halogenated alkanes) is 10. The largest absolute Gasteiger partial charge is 0.327 e. The van der Waals surface area contributed by atoms with Crippen molar-refractivity contribution in [3.63, 3.8) is 0 Å². The van der Waals surface area contributed by atoms with E-state index < -0.39 is 5.97 Å². The van der Waals surface area contributed by atoms with Crippen molar-refractivity contribution in [1.29, 1.82) is 0 Å². The third-order valence-corrected chi connectivity index (χ3v) is 5.97. The maximum absolute atomic E-state index is 6.51. The third-order valence-electron chi connectivity index (χ3n) is 5.97. The Morgan fingerprint density at radius 3 is 1.20 bits per heavy atom. The molecule has 3 heteroatoms. The molecule has 0 aliphatic heterocycles. The fourth-order valence-corrected chi connectivity index (χ4v) is 3.86. The van der Waals surface area contributed by atoms with E-state index in [-0.39, 0.29) is 0 Å². The highest BCUT2D eigenvalue weighted by Gasteiger charge is 2.42. The van der Waals surface area contributed by atoms with Crippen LogP contribution in [-0.4, -0.2) is 25.8 Å². The highest BCUT2D eigenvalue weighted by Crippen LogP contribution is 2.35. The van der Waals surface area contributed by atoms with Gasteiger partial charge in [0.1, 0.15) is 0 Å². The Morgan fingerprint density at radius 1 is 0.433 bits per heavy atom. The van der Waals surface area contributed by atoms with Crippen LogP contribution in [0.3, 0.4) is 0 Å². The van der Waals surface area contributed by atoms with Crippen LogP contribution in [0, 0.1) is 5.92 Å². The lowest BCUT2D eigenvalue weighted by atomic mass is 9.91. The normalized spacial score (nSPS) is 13.1. The van der Waals surface area contributed by atoms with E-state index in [2.05, 4.69) is 34.6 Å². The minimum absolute atomic E-state index is 0.334. The predicted molar refractivity (Wildman–Crippen MR) is 131 cm³/mol. The Morgan fingerprint density at radius 2 is 0.767 bits per heavy atom. The van der Waals surface area contributed by atoms with Crippen LogP contribution in [-0.2, 0) is 14.2 Å². The van der Waals surface area contributed by atoms with Crippen molar-refractivity contribution in [3.05, 3.63) is 0 Å². The molecule has 0 amide bonds. The van der Waals surface area contributed by atoms with Crippen LogP contribution in [0.1, 0.15) is 144 Å². The van der Waals surface area contributed by atoms with Crippen LogP contribution in [0.25, 0.3) is 0 Å². The van der Waals surface area contributed by atoms with Crippen molar-refractivity contribution in [2.75, 3.05) is 19.8 Å². The van der Waals surface area contributed by atoms with Crippen molar-refractivity contribution in [3.8, 4) is 0 Å². The second-order valence-electron chi connectivity index (χ2n) is 8.96. The topological polar surface area (TPSA) is 27.7 Å². The molecule has 30 heavy (non-hydrogen) atoms. The van der Waals surface area contributed by atoms with Gasteiger partial charge >= 0.3 is 0 Å². The molecule has 0 rings (SSSR count). The van der Waals surface area contributed by atoms with E-state index in [1.807, 2.05) is 0 Å². The van der Waals surface area contributed by atoms with Crippen molar-refractivity contribution in [2.45, 2.75) is 150 Å². The van der Waals surface area contributed by atoms with E-state index >= 15 is 0 Å². The molecule has 0 aliphatic carbocycles. The van der Waals surface area contributed by atoms with E-state index in [4.69, 9.17) is 14.2 Å². The van der Waals surface area contributed by atoms with Gasteiger partial charge in [-0.25, -0.2) is 0 Å². The molecule has 0 aliphatic rings. The van der Waals surface area contributed by atoms with Crippen LogP contribution >= 0.6 is 0 Å². The summed E-state index contributed by atoms with van der Waals surface area (Å²) in [5, 5.41) is 0. The predicted octanol–water partition coefficient (Wildman–Crippen LogP) is 9.04. The summed E-state index contributed by atoms with van der Waals surface area (Å²) >= 11 is 0. The molecule has 0 aromatic heterocycles. The van der Waals surface area contributed by atoms with Crippen LogP contribution < -0.4 is 0 Å². The molecule has 0 radical (unpaired) electrons. The molecule has 0 N–H and O–H groups in total. The van der Waals surface area contributed by atoms with Crippen LogP contribution in [0.15, 0.2) is 0 Å². The van der Waals surface area contributed by atoms with Crippen LogP contribution in [0.2, 0.25) is 0 Å². The zero-order valence-corrected chi connectivity index (χ0v) is 21.4. The lowest BCUT2D eigenvalue weighted by Crippen LogP contribution is -2.47. The van der Waals surface area contributed by atoms with Crippen LogP contribution in [0.5, 0.6) is 0 Å². The summed E-state index contributed by atoms with van der Waals surface area (Å²) < 4.78 is 19.5. The first-order valence-corrected chi connectivity index (χ1v) is 13.6.